The summed E-state index contributed by atoms with van der Waals surface area (Å²) >= 11 is 0. The molecule has 0 amide bonds. The van der Waals surface area contributed by atoms with E-state index in [1.165, 1.54) is 0 Å². The fraction of sp³-hybridized carbons (Fsp3) is 0.500. The minimum atomic E-state index is 0.755. The molecule has 0 aliphatic rings. The van der Waals surface area contributed by atoms with E-state index in [-0.39, 0.29) is 0 Å². The van der Waals surface area contributed by atoms with Crippen molar-refractivity contribution in [2.24, 2.45) is 0 Å². The van der Waals surface area contributed by atoms with Crippen molar-refractivity contribution < 1.29 is 0 Å². The molecule has 0 fully saturated rings. The summed E-state index contributed by atoms with van der Waals surface area (Å²) in [5, 5.41) is 0. The van der Waals surface area contributed by atoms with Crippen molar-refractivity contribution in [3.05, 3.63) is 11.6 Å². The number of hydrogen-bond acceptors (Lipinski definition) is 3. The van der Waals surface area contributed by atoms with Crippen molar-refractivity contribution in [1.29, 1.82) is 0 Å². The van der Waals surface area contributed by atoms with Gasteiger partial charge in [-0.25, -0.2) is 15.0 Å². The molecule has 0 saturated heterocycles. The average Bonchev–Trinajstić information content (AvgIpc) is 1.85. The normalized spacial score (nSPS) is 9.50. The Morgan fingerprint density at radius 1 is 1.00 bits per heavy atom. The minimum Gasteiger partial charge on any atom is -0.230 e. The molecule has 0 atom stereocenters. The summed E-state index contributed by atoms with van der Waals surface area (Å²) in [6, 6.07) is 0. The summed E-state index contributed by atoms with van der Waals surface area (Å²) in [5.74, 6) is 1.56. The van der Waals surface area contributed by atoms with Crippen molar-refractivity contribution in [3.8, 4) is 0 Å². The molecule has 1 aromatic heterocycles. The summed E-state index contributed by atoms with van der Waals surface area (Å²) in [6.45, 7) is 5.64. The Balaban J connectivity index is 3.06. The van der Waals surface area contributed by atoms with Gasteiger partial charge in [0.2, 0.25) is 7.28 Å². The molecule has 10 heavy (non-hydrogen) atoms. The molecular formula is C6H9BN3. The van der Waals surface area contributed by atoms with Gasteiger partial charge in [0.15, 0.2) is 0 Å². The molecule has 3 nitrogen and oxygen atoms in total. The number of aryl methyl sites for hydroxylation is 2. The first-order valence-electron chi connectivity index (χ1n) is 3.21. The van der Waals surface area contributed by atoms with Crippen LogP contribution in [-0.4, -0.2) is 22.2 Å². The monoisotopic (exact) mass is 134 g/mol. The van der Waals surface area contributed by atoms with Crippen LogP contribution in [-0.2, 0) is 0 Å². The first-order valence-corrected chi connectivity index (χ1v) is 3.21. The van der Waals surface area contributed by atoms with Crippen LogP contribution in [0.5, 0.6) is 0 Å². The number of hydrogen-bond donors (Lipinski definition) is 0. The molecule has 1 radical (unpaired) electrons. The van der Waals surface area contributed by atoms with E-state index in [0.717, 1.165) is 17.4 Å². The fourth-order valence-corrected chi connectivity index (χ4v) is 0.770. The highest BCUT2D eigenvalue weighted by Gasteiger charge is 1.96. The van der Waals surface area contributed by atoms with E-state index in [1.807, 2.05) is 28.0 Å². The third kappa shape index (κ3) is 1.53. The van der Waals surface area contributed by atoms with Crippen LogP contribution < -0.4 is 5.72 Å². The van der Waals surface area contributed by atoms with Crippen LogP contribution in [0.2, 0.25) is 6.82 Å². The van der Waals surface area contributed by atoms with Crippen LogP contribution in [0.3, 0.4) is 0 Å². The highest BCUT2D eigenvalue weighted by Crippen LogP contribution is 1.83. The van der Waals surface area contributed by atoms with Crippen molar-refractivity contribution in [1.82, 2.24) is 15.0 Å². The van der Waals surface area contributed by atoms with E-state index in [0.29, 0.717) is 0 Å². The molecule has 0 aliphatic carbocycles. The van der Waals surface area contributed by atoms with Crippen molar-refractivity contribution >= 4 is 13.0 Å². The third-order valence-corrected chi connectivity index (χ3v) is 1.13. The highest BCUT2D eigenvalue weighted by atomic mass is 15.0. The number of nitrogens with zero attached hydrogens (tertiary/aromatic N) is 3. The van der Waals surface area contributed by atoms with Gasteiger partial charge < -0.3 is 0 Å². The predicted octanol–water partition coefficient (Wildman–Crippen LogP) is -0.134. The maximum Gasteiger partial charge on any atom is 0.201 e. The molecule has 1 rings (SSSR count). The molecule has 0 unspecified atom stereocenters. The molecule has 1 aromatic rings. The Morgan fingerprint density at radius 3 is 1.90 bits per heavy atom. The van der Waals surface area contributed by atoms with E-state index in [1.54, 1.807) is 0 Å². The molecule has 4 heteroatoms. The van der Waals surface area contributed by atoms with E-state index in [4.69, 9.17) is 0 Å². The molecule has 1 heterocycles. The zero-order valence-corrected chi connectivity index (χ0v) is 6.42. The van der Waals surface area contributed by atoms with Crippen molar-refractivity contribution in [2.45, 2.75) is 20.7 Å². The second-order valence-corrected chi connectivity index (χ2v) is 2.08. The zero-order valence-electron chi connectivity index (χ0n) is 6.42. The quantitative estimate of drug-likeness (QED) is 0.502. The maximum atomic E-state index is 4.07. The topological polar surface area (TPSA) is 38.7 Å². The lowest BCUT2D eigenvalue weighted by molar-refractivity contribution is 0.947. The largest absolute Gasteiger partial charge is 0.230 e. The maximum absolute atomic E-state index is 4.07. The van der Waals surface area contributed by atoms with E-state index in [9.17, 15) is 0 Å². The molecule has 0 N–H and O–H groups in total. The minimum absolute atomic E-state index is 0.755. The summed E-state index contributed by atoms with van der Waals surface area (Å²) in [5.41, 5.74) is 0.755. The van der Waals surface area contributed by atoms with Gasteiger partial charge >= 0.3 is 0 Å². The van der Waals surface area contributed by atoms with Gasteiger partial charge in [-0.1, -0.05) is 6.82 Å². The van der Waals surface area contributed by atoms with Crippen LogP contribution in [0.1, 0.15) is 11.6 Å². The Hall–Kier alpha value is -0.925. The summed E-state index contributed by atoms with van der Waals surface area (Å²) in [4.78, 5) is 12.2. The predicted molar refractivity (Wildman–Crippen MR) is 40.6 cm³/mol. The standard InChI is InChI=1S/C6H9BN3/c1-4-8-5(2)10-6(7-3)9-4/h1-3H3. The van der Waals surface area contributed by atoms with Gasteiger partial charge in [-0.3, -0.25) is 0 Å². The van der Waals surface area contributed by atoms with E-state index in [2.05, 4.69) is 15.0 Å². The second kappa shape index (κ2) is 2.77. The van der Waals surface area contributed by atoms with Gasteiger partial charge in [0.05, 0.1) is 5.72 Å². The molecule has 51 valence electrons. The molecule has 0 spiro atoms. The first-order chi connectivity index (χ1) is 4.72. The number of rotatable bonds is 1. The lowest BCUT2D eigenvalue weighted by Gasteiger charge is -1.97. The van der Waals surface area contributed by atoms with Gasteiger partial charge in [0.1, 0.15) is 11.6 Å². The summed E-state index contributed by atoms with van der Waals surface area (Å²) < 4.78 is 0. The van der Waals surface area contributed by atoms with Gasteiger partial charge in [-0.05, 0) is 13.8 Å². The smallest absolute Gasteiger partial charge is 0.201 e. The molecular weight excluding hydrogens is 125 g/mol. The molecule has 0 saturated carbocycles. The van der Waals surface area contributed by atoms with E-state index >= 15 is 0 Å². The molecule has 0 aliphatic heterocycles. The van der Waals surface area contributed by atoms with Gasteiger partial charge in [0, 0.05) is 0 Å². The Bertz CT molecular complexity index is 216. The SMILES string of the molecule is C[B]c1nc(C)nc(C)n1. The average molecular weight is 134 g/mol. The summed E-state index contributed by atoms with van der Waals surface area (Å²) in [6.07, 6.45) is 0. The van der Waals surface area contributed by atoms with Crippen LogP contribution in [0.25, 0.3) is 0 Å². The van der Waals surface area contributed by atoms with E-state index < -0.39 is 0 Å². The molecule has 0 bridgehead atoms. The Morgan fingerprint density at radius 2 is 1.50 bits per heavy atom. The second-order valence-electron chi connectivity index (χ2n) is 2.08. The van der Waals surface area contributed by atoms with Gasteiger partial charge in [-0.2, -0.15) is 0 Å². The van der Waals surface area contributed by atoms with Crippen molar-refractivity contribution in [2.75, 3.05) is 0 Å². The van der Waals surface area contributed by atoms with Crippen LogP contribution in [0, 0.1) is 13.8 Å². The van der Waals surface area contributed by atoms with Gasteiger partial charge in [-0.15, -0.1) is 0 Å². The fourth-order valence-electron chi connectivity index (χ4n) is 0.770. The lowest BCUT2D eigenvalue weighted by atomic mass is 9.81. The van der Waals surface area contributed by atoms with Crippen molar-refractivity contribution in [3.63, 3.8) is 0 Å². The van der Waals surface area contributed by atoms with Crippen LogP contribution in [0.4, 0.5) is 0 Å². The number of aromatic nitrogens is 3. The lowest BCUT2D eigenvalue weighted by Crippen LogP contribution is -2.22. The first kappa shape index (κ1) is 7.19. The van der Waals surface area contributed by atoms with Gasteiger partial charge in [0.25, 0.3) is 0 Å². The highest BCUT2D eigenvalue weighted by molar-refractivity contribution is 6.49. The molecule has 0 aromatic carbocycles. The Labute approximate surface area is 61.2 Å². The third-order valence-electron chi connectivity index (χ3n) is 1.13. The summed E-state index contributed by atoms with van der Waals surface area (Å²) in [7, 11) is 1.86. The van der Waals surface area contributed by atoms with Crippen LogP contribution in [0.15, 0.2) is 0 Å². The Kier molecular flexibility index (Phi) is 1.99. The van der Waals surface area contributed by atoms with Crippen LogP contribution >= 0.6 is 0 Å². The zero-order chi connectivity index (χ0) is 7.56.